The smallest absolute Gasteiger partial charge is 0.337 e. The molecule has 0 aliphatic heterocycles. The molecule has 1 aromatic rings. The highest BCUT2D eigenvalue weighted by atomic mass is 16.5. The second-order valence-electron chi connectivity index (χ2n) is 10.3. The molecule has 0 saturated heterocycles. The summed E-state index contributed by atoms with van der Waals surface area (Å²) in [6.07, 6.45) is 14.7. The van der Waals surface area contributed by atoms with Crippen molar-refractivity contribution in [2.45, 2.75) is 91.1 Å². The zero-order chi connectivity index (χ0) is 35.2. The molecule has 0 aromatic heterocycles. The minimum Gasteiger partial charge on any atom is -0.478 e. The van der Waals surface area contributed by atoms with Gasteiger partial charge in [-0.25, -0.2) is 19.2 Å². The predicted molar refractivity (Wildman–Crippen MR) is 183 cm³/mol. The summed E-state index contributed by atoms with van der Waals surface area (Å²) in [7, 11) is 0. The second-order valence-corrected chi connectivity index (χ2v) is 10.3. The van der Waals surface area contributed by atoms with Crippen LogP contribution >= 0.6 is 0 Å². The van der Waals surface area contributed by atoms with Crippen LogP contribution in [-0.2, 0) is 33.4 Å². The minimum absolute atomic E-state index is 0.0733. The van der Waals surface area contributed by atoms with Crippen LogP contribution in [0, 0.1) is 0 Å². The molecule has 0 spiro atoms. The Morgan fingerprint density at radius 2 is 1.46 bits per heavy atom. The molecular formula is C37H54O9. The monoisotopic (exact) mass is 642 g/mol. The molecule has 0 atom stereocenters. The lowest BCUT2D eigenvalue weighted by Crippen LogP contribution is -2.20. The number of aliphatic hydroxyl groups excluding tert-OH is 1. The maximum absolute atomic E-state index is 11.1. The fourth-order valence-corrected chi connectivity index (χ4v) is 3.44. The Hall–Kier alpha value is -4.24. The summed E-state index contributed by atoms with van der Waals surface area (Å²) >= 11 is 0. The summed E-state index contributed by atoms with van der Waals surface area (Å²) in [4.78, 5) is 43.0. The van der Waals surface area contributed by atoms with Crippen LogP contribution in [0.3, 0.4) is 0 Å². The average molecular weight is 643 g/mol. The molecule has 0 bridgehead atoms. The van der Waals surface area contributed by atoms with Crippen LogP contribution in [0.1, 0.15) is 90.5 Å². The molecular weight excluding hydrogens is 588 g/mol. The van der Waals surface area contributed by atoms with E-state index >= 15 is 0 Å². The third-order valence-corrected chi connectivity index (χ3v) is 6.17. The molecule has 256 valence electrons. The van der Waals surface area contributed by atoms with Crippen LogP contribution in [0.4, 0.5) is 0 Å². The molecule has 0 radical (unpaired) electrons. The summed E-state index contributed by atoms with van der Waals surface area (Å²) < 4.78 is 14.7. The van der Waals surface area contributed by atoms with Gasteiger partial charge in [0.2, 0.25) is 0 Å². The van der Waals surface area contributed by atoms with Crippen LogP contribution in [-0.4, -0.2) is 60.0 Å². The van der Waals surface area contributed by atoms with E-state index in [9.17, 15) is 19.2 Å². The van der Waals surface area contributed by atoms with Gasteiger partial charge in [0.25, 0.3) is 0 Å². The zero-order valence-electron chi connectivity index (χ0n) is 28.0. The first-order valence-electron chi connectivity index (χ1n) is 15.7. The number of aliphatic hydroxyl groups is 1. The molecule has 1 aliphatic rings. The van der Waals surface area contributed by atoms with Crippen LogP contribution in [0.2, 0.25) is 0 Å². The first kappa shape index (κ1) is 43.9. The topological polar surface area (TPSA) is 136 Å². The predicted octanol–water partition coefficient (Wildman–Crippen LogP) is 7.56. The number of hydrogen-bond acceptors (Lipinski definition) is 8. The van der Waals surface area contributed by atoms with E-state index in [4.69, 9.17) is 19.7 Å². The maximum Gasteiger partial charge on any atom is 0.337 e. The van der Waals surface area contributed by atoms with Crippen LogP contribution < -0.4 is 0 Å². The number of carboxylic acid groups (broad SMARTS) is 1. The lowest BCUT2D eigenvalue weighted by Gasteiger charge is -2.21. The number of esters is 3. The number of unbranched alkanes of at least 4 members (excludes halogenated alkanes) is 3. The van der Waals surface area contributed by atoms with E-state index in [0.717, 1.165) is 37.8 Å². The lowest BCUT2D eigenvalue weighted by atomic mass is 9.98. The van der Waals surface area contributed by atoms with Gasteiger partial charge in [0.05, 0.1) is 18.8 Å². The first-order valence-corrected chi connectivity index (χ1v) is 15.7. The summed E-state index contributed by atoms with van der Waals surface area (Å²) in [5.41, 5.74) is 2.17. The van der Waals surface area contributed by atoms with E-state index in [1.165, 1.54) is 37.7 Å². The van der Waals surface area contributed by atoms with Gasteiger partial charge in [0.15, 0.2) is 0 Å². The second kappa shape index (κ2) is 29.5. The molecule has 0 unspecified atom stereocenters. The number of aliphatic carboxylic acids is 1. The van der Waals surface area contributed by atoms with Gasteiger partial charge in [-0.1, -0.05) is 102 Å². The standard InChI is InChI=1S/C11H20O2.C10H16O2.C8H10O5.C8H8/c1-4-6-7-8-9-13-11(12)10(3)5-2;1-8(2)10(11)12-9-6-4-3-5-7-9;1-6(2-3-7(10)11)8(12)13-5-4-9;1-2-8-6-4-3-5-7-8/h3-9H2,1-2H3;9H,1,3-7H2,2H3;2-3,9H,1,4-5H2,(H,10,11);2-7H,1H2. The number of ether oxygens (including phenoxy) is 3. The SMILES string of the molecule is C=C(C)C(=O)OC1CCCCC1.C=C(C=CC(=O)O)C(=O)OCCO.C=C(CC)C(=O)OCCCCCC.C=Cc1ccccc1. The van der Waals surface area contributed by atoms with Gasteiger partial charge in [-0.2, -0.15) is 0 Å². The van der Waals surface area contributed by atoms with Gasteiger partial charge >= 0.3 is 23.9 Å². The van der Waals surface area contributed by atoms with Gasteiger partial charge < -0.3 is 24.4 Å². The Labute approximate surface area is 275 Å². The Bertz CT molecular complexity index is 1100. The van der Waals surface area contributed by atoms with Crippen molar-refractivity contribution in [2.24, 2.45) is 0 Å². The van der Waals surface area contributed by atoms with Gasteiger partial charge in [-0.05, 0) is 57.1 Å². The minimum atomic E-state index is -1.17. The quantitative estimate of drug-likeness (QED) is 0.0653. The summed E-state index contributed by atoms with van der Waals surface area (Å²) in [6, 6.07) is 10.0. The summed E-state index contributed by atoms with van der Waals surface area (Å²) in [5.74, 6) is -2.39. The van der Waals surface area contributed by atoms with Crippen molar-refractivity contribution in [3.8, 4) is 0 Å². The highest BCUT2D eigenvalue weighted by Crippen LogP contribution is 2.20. The van der Waals surface area contributed by atoms with E-state index in [2.05, 4.69) is 38.0 Å². The number of carbonyl (C=O) groups excluding carboxylic acids is 3. The van der Waals surface area contributed by atoms with Crippen LogP contribution in [0.25, 0.3) is 6.08 Å². The van der Waals surface area contributed by atoms with E-state index in [1.54, 1.807) is 6.92 Å². The molecule has 1 aromatic carbocycles. The third kappa shape index (κ3) is 26.2. The molecule has 1 fully saturated rings. The van der Waals surface area contributed by atoms with E-state index < -0.39 is 11.9 Å². The summed E-state index contributed by atoms with van der Waals surface area (Å²) in [5, 5.41) is 16.5. The van der Waals surface area contributed by atoms with Crippen molar-refractivity contribution >= 4 is 30.0 Å². The Kier molecular flexibility index (Phi) is 28.1. The maximum atomic E-state index is 11.1. The molecule has 46 heavy (non-hydrogen) atoms. The molecule has 1 saturated carbocycles. The van der Waals surface area contributed by atoms with E-state index in [0.29, 0.717) is 24.2 Å². The molecule has 2 rings (SSSR count). The van der Waals surface area contributed by atoms with Gasteiger partial charge in [0, 0.05) is 17.2 Å². The molecule has 2 N–H and O–H groups in total. The normalized spacial score (nSPS) is 11.9. The molecule has 1 aliphatic carbocycles. The number of benzene rings is 1. The number of carboxylic acids is 1. The zero-order valence-corrected chi connectivity index (χ0v) is 28.0. The van der Waals surface area contributed by atoms with Crippen LogP contribution in [0.5, 0.6) is 0 Å². The van der Waals surface area contributed by atoms with Gasteiger partial charge in [-0.15, -0.1) is 0 Å². The van der Waals surface area contributed by atoms with Crippen molar-refractivity contribution in [3.05, 3.63) is 91.1 Å². The Morgan fingerprint density at radius 1 is 0.848 bits per heavy atom. The van der Waals surface area contributed by atoms with Crippen molar-refractivity contribution in [2.75, 3.05) is 19.8 Å². The molecule has 9 nitrogen and oxygen atoms in total. The molecule has 0 heterocycles. The van der Waals surface area contributed by atoms with Crippen molar-refractivity contribution in [3.63, 3.8) is 0 Å². The first-order chi connectivity index (χ1) is 21.9. The lowest BCUT2D eigenvalue weighted by molar-refractivity contribution is -0.145. The van der Waals surface area contributed by atoms with Gasteiger partial charge in [0.1, 0.15) is 12.7 Å². The van der Waals surface area contributed by atoms with E-state index in [1.807, 2.05) is 43.3 Å². The Balaban J connectivity index is 0. The van der Waals surface area contributed by atoms with Crippen molar-refractivity contribution in [1.82, 2.24) is 0 Å². The fraction of sp³-hybridized carbons (Fsp3) is 0.459. The Morgan fingerprint density at radius 3 is 1.93 bits per heavy atom. The molecule has 0 amide bonds. The van der Waals surface area contributed by atoms with Crippen molar-refractivity contribution in [1.29, 1.82) is 0 Å². The summed E-state index contributed by atoms with van der Waals surface area (Å²) in [6.45, 7) is 19.9. The number of carbonyl (C=O) groups is 4. The van der Waals surface area contributed by atoms with Gasteiger partial charge in [-0.3, -0.25) is 0 Å². The third-order valence-electron chi connectivity index (χ3n) is 6.17. The number of rotatable bonds is 15. The van der Waals surface area contributed by atoms with Crippen molar-refractivity contribution < 1.29 is 43.6 Å². The highest BCUT2D eigenvalue weighted by molar-refractivity contribution is 5.93. The highest BCUT2D eigenvalue weighted by Gasteiger charge is 2.17. The van der Waals surface area contributed by atoms with E-state index in [-0.39, 0.29) is 36.8 Å². The average Bonchev–Trinajstić information content (AvgIpc) is 3.07. The molecule has 9 heteroatoms. The largest absolute Gasteiger partial charge is 0.478 e. The fourth-order valence-electron chi connectivity index (χ4n) is 3.44. The number of hydrogen-bond donors (Lipinski definition) is 2. The van der Waals surface area contributed by atoms with Crippen LogP contribution in [0.15, 0.2) is 85.5 Å².